The average molecular weight is 449 g/mol. The Morgan fingerprint density at radius 2 is 1.73 bits per heavy atom. The van der Waals surface area contributed by atoms with E-state index in [1.807, 2.05) is 31.2 Å². The Morgan fingerprint density at radius 1 is 1.09 bits per heavy atom. The van der Waals surface area contributed by atoms with E-state index in [-0.39, 0.29) is 42.9 Å². The molecule has 2 aromatic carbocycles. The molecule has 2 amide bonds. The Labute approximate surface area is 192 Å². The SMILES string of the molecule is CCC(CNC(=O)OCC1c2ccccc2-c2ccccc21)C(=O)N1CC2CC1C2C(=O)O. The van der Waals surface area contributed by atoms with Crippen molar-refractivity contribution >= 4 is 18.0 Å². The summed E-state index contributed by atoms with van der Waals surface area (Å²) < 4.78 is 5.57. The Bertz CT molecular complexity index is 1050. The van der Waals surface area contributed by atoms with Crippen molar-refractivity contribution in [1.82, 2.24) is 10.2 Å². The number of carboxylic acid groups (broad SMARTS) is 1. The van der Waals surface area contributed by atoms with E-state index in [1.54, 1.807) is 4.90 Å². The summed E-state index contributed by atoms with van der Waals surface area (Å²) in [7, 11) is 0. The van der Waals surface area contributed by atoms with E-state index >= 15 is 0 Å². The van der Waals surface area contributed by atoms with Crippen LogP contribution in [0, 0.1) is 17.8 Å². The largest absolute Gasteiger partial charge is 0.481 e. The first kappa shape index (κ1) is 21.5. The lowest BCUT2D eigenvalue weighted by molar-refractivity contribution is -0.148. The normalized spacial score (nSPS) is 23.3. The van der Waals surface area contributed by atoms with Crippen LogP contribution in [0.4, 0.5) is 4.79 Å². The molecule has 2 bridgehead atoms. The van der Waals surface area contributed by atoms with E-state index < -0.39 is 18.0 Å². The molecule has 2 aromatic rings. The quantitative estimate of drug-likeness (QED) is 0.676. The summed E-state index contributed by atoms with van der Waals surface area (Å²) in [5.74, 6) is -1.69. The number of alkyl carbamates (subject to hydrolysis) is 1. The minimum absolute atomic E-state index is 0.0175. The number of aliphatic carboxylic acids is 1. The fourth-order valence-corrected chi connectivity index (χ4v) is 5.74. The van der Waals surface area contributed by atoms with Crippen molar-refractivity contribution in [2.75, 3.05) is 19.7 Å². The van der Waals surface area contributed by atoms with Gasteiger partial charge >= 0.3 is 12.1 Å². The maximum Gasteiger partial charge on any atom is 0.407 e. The van der Waals surface area contributed by atoms with Gasteiger partial charge in [-0.1, -0.05) is 55.5 Å². The molecule has 2 N–H and O–H groups in total. The highest BCUT2D eigenvalue weighted by atomic mass is 16.5. The van der Waals surface area contributed by atoms with Crippen molar-refractivity contribution in [3.8, 4) is 11.1 Å². The summed E-state index contributed by atoms with van der Waals surface area (Å²) in [5, 5.41) is 12.1. The number of carbonyl (C=O) groups is 3. The number of ether oxygens (including phenoxy) is 1. The molecule has 172 valence electrons. The maximum absolute atomic E-state index is 13.0. The molecule has 0 radical (unpaired) electrons. The van der Waals surface area contributed by atoms with E-state index in [9.17, 15) is 19.5 Å². The third-order valence-corrected chi connectivity index (χ3v) is 7.54. The lowest BCUT2D eigenvalue weighted by atomic mass is 9.74. The van der Waals surface area contributed by atoms with Crippen LogP contribution in [0.1, 0.15) is 36.8 Å². The van der Waals surface area contributed by atoms with Crippen LogP contribution in [0.5, 0.6) is 0 Å². The lowest BCUT2D eigenvalue weighted by Gasteiger charge is -2.34. The number of amides is 2. The predicted molar refractivity (Wildman–Crippen MR) is 122 cm³/mol. The van der Waals surface area contributed by atoms with E-state index in [0.29, 0.717) is 13.0 Å². The van der Waals surface area contributed by atoms with E-state index in [4.69, 9.17) is 4.74 Å². The van der Waals surface area contributed by atoms with Gasteiger partial charge in [0.25, 0.3) is 0 Å². The van der Waals surface area contributed by atoms with Crippen LogP contribution in [0.2, 0.25) is 0 Å². The molecule has 4 aliphatic rings. The second-order valence-corrected chi connectivity index (χ2v) is 9.23. The summed E-state index contributed by atoms with van der Waals surface area (Å²) in [5.41, 5.74) is 4.63. The third kappa shape index (κ3) is 3.65. The van der Waals surface area contributed by atoms with Crippen LogP contribution in [0.3, 0.4) is 0 Å². The van der Waals surface area contributed by atoms with E-state index in [1.165, 1.54) is 11.1 Å². The van der Waals surface area contributed by atoms with Crippen LogP contribution in [0.15, 0.2) is 48.5 Å². The average Bonchev–Trinajstić information content (AvgIpc) is 3.48. The fraction of sp³-hybridized carbons (Fsp3) is 0.423. The number of rotatable bonds is 7. The number of hydrogen-bond acceptors (Lipinski definition) is 4. The maximum atomic E-state index is 13.0. The lowest BCUT2D eigenvalue weighted by Crippen LogP contribution is -2.47. The standard InChI is InChI=1S/C26H28N2O5/c1-2-15(24(29)28-13-16-11-22(28)23(16)25(30)31)12-27-26(32)33-14-21-19-9-5-3-7-17(19)18-8-4-6-10-20(18)21/h3-10,15-16,21-23H,2,11-14H2,1H3,(H,27,32)(H,30,31). The van der Waals surface area contributed by atoms with Crippen LogP contribution in [0.25, 0.3) is 11.1 Å². The Hall–Kier alpha value is -3.35. The molecular weight excluding hydrogens is 420 g/mol. The van der Waals surface area contributed by atoms with Gasteiger partial charge in [0.15, 0.2) is 0 Å². The zero-order valence-electron chi connectivity index (χ0n) is 18.6. The van der Waals surface area contributed by atoms with Gasteiger partial charge in [0.1, 0.15) is 6.61 Å². The third-order valence-electron chi connectivity index (χ3n) is 7.54. The van der Waals surface area contributed by atoms with Gasteiger partial charge in [-0.05, 0) is 41.0 Å². The first-order valence-electron chi connectivity index (χ1n) is 11.6. The number of carboxylic acids is 1. The molecule has 3 fully saturated rings. The van der Waals surface area contributed by atoms with Crippen molar-refractivity contribution in [3.05, 3.63) is 59.7 Å². The van der Waals surface area contributed by atoms with E-state index in [2.05, 4.69) is 29.6 Å². The summed E-state index contributed by atoms with van der Waals surface area (Å²) >= 11 is 0. The van der Waals surface area contributed by atoms with Gasteiger partial charge in [0.05, 0.1) is 11.8 Å². The molecule has 33 heavy (non-hydrogen) atoms. The number of nitrogens with one attached hydrogen (secondary N) is 1. The zero-order chi connectivity index (χ0) is 23.1. The highest BCUT2D eigenvalue weighted by Gasteiger charge is 2.57. The fourth-order valence-electron chi connectivity index (χ4n) is 5.74. The second kappa shape index (κ2) is 8.54. The molecule has 6 rings (SSSR count). The minimum atomic E-state index is -0.823. The van der Waals surface area contributed by atoms with Crippen molar-refractivity contribution in [3.63, 3.8) is 0 Å². The molecule has 2 aliphatic heterocycles. The highest BCUT2D eigenvalue weighted by molar-refractivity contribution is 5.83. The summed E-state index contributed by atoms with van der Waals surface area (Å²) in [6.07, 6.45) is 0.782. The predicted octanol–water partition coefficient (Wildman–Crippen LogP) is 3.48. The number of carbonyl (C=O) groups excluding carboxylic acids is 2. The first-order valence-corrected chi connectivity index (χ1v) is 11.6. The van der Waals surface area contributed by atoms with Crippen molar-refractivity contribution < 1.29 is 24.2 Å². The Morgan fingerprint density at radius 3 is 2.30 bits per heavy atom. The van der Waals surface area contributed by atoms with Crippen LogP contribution in [-0.2, 0) is 14.3 Å². The molecule has 7 heteroatoms. The first-order chi connectivity index (χ1) is 16.0. The van der Waals surface area contributed by atoms with Crippen LogP contribution in [-0.4, -0.2) is 53.7 Å². The Kier molecular flexibility index (Phi) is 5.56. The number of nitrogens with zero attached hydrogens (tertiary/aromatic N) is 1. The van der Waals surface area contributed by atoms with Crippen LogP contribution >= 0.6 is 0 Å². The summed E-state index contributed by atoms with van der Waals surface area (Å²) in [6, 6.07) is 16.1. The van der Waals surface area contributed by atoms with Crippen molar-refractivity contribution in [2.24, 2.45) is 17.8 Å². The second-order valence-electron chi connectivity index (χ2n) is 9.23. The molecule has 2 aliphatic carbocycles. The molecule has 2 heterocycles. The molecule has 4 unspecified atom stereocenters. The summed E-state index contributed by atoms with van der Waals surface area (Å²) in [6.45, 7) is 2.80. The van der Waals surface area contributed by atoms with Gasteiger partial charge in [-0.3, -0.25) is 9.59 Å². The van der Waals surface area contributed by atoms with Gasteiger partial charge in [-0.2, -0.15) is 0 Å². The number of benzene rings is 2. The number of fused-ring (bicyclic) bond motifs is 4. The monoisotopic (exact) mass is 448 g/mol. The molecule has 0 aromatic heterocycles. The van der Waals surface area contributed by atoms with E-state index in [0.717, 1.165) is 17.5 Å². The number of hydrogen-bond donors (Lipinski definition) is 2. The highest BCUT2D eigenvalue weighted by Crippen LogP contribution is 2.47. The van der Waals surface area contributed by atoms with Gasteiger partial charge in [0.2, 0.25) is 5.91 Å². The molecule has 7 nitrogen and oxygen atoms in total. The van der Waals surface area contributed by atoms with Gasteiger partial charge in [0, 0.05) is 25.0 Å². The van der Waals surface area contributed by atoms with Gasteiger partial charge in [-0.25, -0.2) is 4.79 Å². The van der Waals surface area contributed by atoms with Gasteiger partial charge < -0.3 is 20.1 Å². The molecule has 1 saturated carbocycles. The van der Waals surface area contributed by atoms with Crippen LogP contribution < -0.4 is 5.32 Å². The summed E-state index contributed by atoms with van der Waals surface area (Å²) in [4.78, 5) is 38.5. The molecule has 2 saturated heterocycles. The zero-order valence-corrected chi connectivity index (χ0v) is 18.6. The van der Waals surface area contributed by atoms with Crippen molar-refractivity contribution in [1.29, 1.82) is 0 Å². The topological polar surface area (TPSA) is 95.9 Å². The van der Waals surface area contributed by atoms with Gasteiger partial charge in [-0.15, -0.1) is 0 Å². The Balaban J connectivity index is 1.17. The molecule has 4 atom stereocenters. The molecular formula is C26H28N2O5. The molecule has 0 spiro atoms. The van der Waals surface area contributed by atoms with Crippen molar-refractivity contribution in [2.45, 2.75) is 31.7 Å². The smallest absolute Gasteiger partial charge is 0.407 e. The minimum Gasteiger partial charge on any atom is -0.481 e.